The summed E-state index contributed by atoms with van der Waals surface area (Å²) in [6.07, 6.45) is 0.907. The van der Waals surface area contributed by atoms with E-state index in [0.29, 0.717) is 26.1 Å². The van der Waals surface area contributed by atoms with Crippen molar-refractivity contribution in [3.05, 3.63) is 0 Å². The lowest BCUT2D eigenvalue weighted by atomic mass is 10.1. The van der Waals surface area contributed by atoms with Crippen LogP contribution in [0.5, 0.6) is 0 Å². The van der Waals surface area contributed by atoms with E-state index in [1.807, 2.05) is 19.9 Å². The second-order valence-electron chi connectivity index (χ2n) is 4.44. The molecule has 0 atom stereocenters. The van der Waals surface area contributed by atoms with Gasteiger partial charge in [-0.05, 0) is 12.8 Å². The number of ether oxygens (including phenoxy) is 1. The number of nitrogens with zero attached hydrogens (tertiary/aromatic N) is 2. The highest BCUT2D eigenvalue weighted by Gasteiger charge is 2.16. The molecule has 5 heteroatoms. The number of esters is 1. The van der Waals surface area contributed by atoms with E-state index in [1.54, 1.807) is 11.8 Å². The first-order valence-electron chi connectivity index (χ1n) is 6.31. The summed E-state index contributed by atoms with van der Waals surface area (Å²) in [6.45, 7) is 6.72. The third-order valence-electron chi connectivity index (χ3n) is 2.32. The molecule has 18 heavy (non-hydrogen) atoms. The molecule has 0 aromatic carbocycles. The normalized spacial score (nSPS) is 9.94. The minimum absolute atomic E-state index is 0.00968. The van der Waals surface area contributed by atoms with E-state index < -0.39 is 0 Å². The van der Waals surface area contributed by atoms with Crippen molar-refractivity contribution in [1.29, 1.82) is 5.26 Å². The van der Waals surface area contributed by atoms with Crippen LogP contribution in [-0.4, -0.2) is 36.5 Å². The van der Waals surface area contributed by atoms with E-state index in [0.717, 1.165) is 0 Å². The molecule has 1 amide bonds. The van der Waals surface area contributed by atoms with Gasteiger partial charge < -0.3 is 9.64 Å². The molecule has 0 N–H and O–H groups in total. The van der Waals surface area contributed by atoms with Crippen molar-refractivity contribution in [2.24, 2.45) is 5.92 Å². The maximum Gasteiger partial charge on any atom is 0.307 e. The molecule has 0 radical (unpaired) electrons. The van der Waals surface area contributed by atoms with Gasteiger partial charge in [0.25, 0.3) is 0 Å². The van der Waals surface area contributed by atoms with Crippen molar-refractivity contribution >= 4 is 11.9 Å². The fraction of sp³-hybridized carbons (Fsp3) is 0.769. The van der Waals surface area contributed by atoms with Crippen LogP contribution >= 0.6 is 0 Å². The topological polar surface area (TPSA) is 70.4 Å². The minimum Gasteiger partial charge on any atom is -0.466 e. The zero-order chi connectivity index (χ0) is 14.0. The predicted octanol–water partition coefficient (Wildman–Crippen LogP) is 1.73. The highest BCUT2D eigenvalue weighted by molar-refractivity contribution is 5.77. The first-order valence-corrected chi connectivity index (χ1v) is 6.31. The van der Waals surface area contributed by atoms with Crippen molar-refractivity contribution in [3.8, 4) is 6.07 Å². The fourth-order valence-corrected chi connectivity index (χ4v) is 1.48. The Morgan fingerprint density at radius 3 is 2.50 bits per heavy atom. The van der Waals surface area contributed by atoms with Crippen LogP contribution in [0.25, 0.3) is 0 Å². The predicted molar refractivity (Wildman–Crippen MR) is 67.5 cm³/mol. The monoisotopic (exact) mass is 254 g/mol. The lowest BCUT2D eigenvalue weighted by Crippen LogP contribution is -2.34. The molecule has 0 spiro atoms. The first-order chi connectivity index (χ1) is 8.51. The molecule has 5 nitrogen and oxygen atoms in total. The summed E-state index contributed by atoms with van der Waals surface area (Å²) in [7, 11) is 0. The molecular weight excluding hydrogens is 232 g/mol. The van der Waals surface area contributed by atoms with Gasteiger partial charge in [0.05, 0.1) is 25.5 Å². The average molecular weight is 254 g/mol. The van der Waals surface area contributed by atoms with Gasteiger partial charge in [-0.15, -0.1) is 0 Å². The molecule has 0 aliphatic carbocycles. The van der Waals surface area contributed by atoms with Gasteiger partial charge in [-0.3, -0.25) is 9.59 Å². The zero-order valence-corrected chi connectivity index (χ0v) is 11.4. The van der Waals surface area contributed by atoms with Crippen molar-refractivity contribution in [2.75, 3.05) is 19.7 Å². The molecule has 0 bridgehead atoms. The number of nitriles is 1. The second-order valence-corrected chi connectivity index (χ2v) is 4.44. The quantitative estimate of drug-likeness (QED) is 0.618. The molecule has 0 aliphatic heterocycles. The standard InChI is InChI=1S/C13H22N2O3/c1-4-18-13(17)6-9-15(8-5-7-14)12(16)10-11(2)3/h11H,4-6,8-10H2,1-3H3. The summed E-state index contributed by atoms with van der Waals surface area (Å²) in [4.78, 5) is 24.7. The van der Waals surface area contributed by atoms with Crippen LogP contribution in [-0.2, 0) is 14.3 Å². The van der Waals surface area contributed by atoms with Crippen molar-refractivity contribution in [2.45, 2.75) is 40.0 Å². The average Bonchev–Trinajstić information content (AvgIpc) is 2.28. The Morgan fingerprint density at radius 2 is 2.00 bits per heavy atom. The summed E-state index contributed by atoms with van der Waals surface area (Å²) in [5, 5.41) is 8.56. The van der Waals surface area contributed by atoms with E-state index in [9.17, 15) is 9.59 Å². The third-order valence-corrected chi connectivity index (χ3v) is 2.32. The van der Waals surface area contributed by atoms with Crippen LogP contribution in [0.15, 0.2) is 0 Å². The van der Waals surface area contributed by atoms with Crippen molar-refractivity contribution in [3.63, 3.8) is 0 Å². The Balaban J connectivity index is 4.26. The van der Waals surface area contributed by atoms with E-state index in [-0.39, 0.29) is 30.6 Å². The second kappa shape index (κ2) is 9.46. The highest BCUT2D eigenvalue weighted by Crippen LogP contribution is 2.06. The van der Waals surface area contributed by atoms with Gasteiger partial charge in [-0.1, -0.05) is 13.8 Å². The molecule has 0 saturated carbocycles. The summed E-state index contributed by atoms with van der Waals surface area (Å²) in [6, 6.07) is 2.01. The third kappa shape index (κ3) is 7.66. The molecule has 0 rings (SSSR count). The summed E-state index contributed by atoms with van der Waals surface area (Å²) in [5.74, 6) is -0.0500. The number of hydrogen-bond acceptors (Lipinski definition) is 4. The molecule has 0 aromatic rings. The van der Waals surface area contributed by atoms with Crippen LogP contribution in [0.3, 0.4) is 0 Å². The summed E-state index contributed by atoms with van der Waals surface area (Å²) in [5.41, 5.74) is 0. The molecule has 0 aromatic heterocycles. The molecule has 0 aliphatic rings. The van der Waals surface area contributed by atoms with Crippen LogP contribution in [0.4, 0.5) is 0 Å². The van der Waals surface area contributed by atoms with Crippen LogP contribution in [0, 0.1) is 17.2 Å². The van der Waals surface area contributed by atoms with Crippen molar-refractivity contribution < 1.29 is 14.3 Å². The maximum atomic E-state index is 11.9. The largest absolute Gasteiger partial charge is 0.466 e. The maximum absolute atomic E-state index is 11.9. The lowest BCUT2D eigenvalue weighted by Gasteiger charge is -2.22. The highest BCUT2D eigenvalue weighted by atomic mass is 16.5. The van der Waals surface area contributed by atoms with Gasteiger partial charge in [0.2, 0.25) is 5.91 Å². The molecule has 0 saturated heterocycles. The van der Waals surface area contributed by atoms with Gasteiger partial charge >= 0.3 is 5.97 Å². The van der Waals surface area contributed by atoms with E-state index in [1.165, 1.54) is 0 Å². The molecule has 0 fully saturated rings. The Hall–Kier alpha value is -1.57. The van der Waals surface area contributed by atoms with Crippen LogP contribution < -0.4 is 0 Å². The zero-order valence-electron chi connectivity index (χ0n) is 11.4. The Kier molecular flexibility index (Phi) is 8.63. The van der Waals surface area contributed by atoms with E-state index >= 15 is 0 Å². The lowest BCUT2D eigenvalue weighted by molar-refractivity contribution is -0.144. The van der Waals surface area contributed by atoms with Gasteiger partial charge in [0.15, 0.2) is 0 Å². The van der Waals surface area contributed by atoms with Gasteiger partial charge in [-0.25, -0.2) is 0 Å². The Bertz CT molecular complexity index is 308. The molecule has 0 unspecified atom stereocenters. The van der Waals surface area contributed by atoms with Gasteiger partial charge in [-0.2, -0.15) is 5.26 Å². The SMILES string of the molecule is CCOC(=O)CCN(CCC#N)C(=O)CC(C)C. The van der Waals surface area contributed by atoms with Crippen LogP contribution in [0.2, 0.25) is 0 Å². The van der Waals surface area contributed by atoms with Gasteiger partial charge in [0, 0.05) is 19.5 Å². The number of hydrogen-bond donors (Lipinski definition) is 0. The van der Waals surface area contributed by atoms with Gasteiger partial charge in [0.1, 0.15) is 0 Å². The number of carbonyl (C=O) groups excluding carboxylic acids is 2. The minimum atomic E-state index is -0.309. The van der Waals surface area contributed by atoms with Crippen LogP contribution in [0.1, 0.15) is 40.0 Å². The fourth-order valence-electron chi connectivity index (χ4n) is 1.48. The van der Waals surface area contributed by atoms with Crippen molar-refractivity contribution in [1.82, 2.24) is 4.90 Å². The van der Waals surface area contributed by atoms with E-state index in [2.05, 4.69) is 0 Å². The Labute approximate surface area is 109 Å². The number of rotatable bonds is 8. The molecular formula is C13H22N2O3. The van der Waals surface area contributed by atoms with E-state index in [4.69, 9.17) is 10.00 Å². The summed E-state index contributed by atoms with van der Waals surface area (Å²) >= 11 is 0. The first kappa shape index (κ1) is 16.4. The Morgan fingerprint density at radius 1 is 1.33 bits per heavy atom. The molecule has 102 valence electrons. The number of carbonyl (C=O) groups is 2. The summed E-state index contributed by atoms with van der Waals surface area (Å²) < 4.78 is 4.82. The molecule has 0 heterocycles. The smallest absolute Gasteiger partial charge is 0.307 e. The number of amides is 1.